The molecule has 4 heteroatoms. The second-order valence-corrected chi connectivity index (χ2v) is 5.10. The van der Waals surface area contributed by atoms with Crippen molar-refractivity contribution in [3.05, 3.63) is 11.6 Å². The van der Waals surface area contributed by atoms with Gasteiger partial charge in [0.2, 0.25) is 0 Å². The minimum Gasteiger partial charge on any atom is -0.330 e. The Morgan fingerprint density at radius 1 is 1.38 bits per heavy atom. The fourth-order valence-electron chi connectivity index (χ4n) is 2.94. The Hall–Kier alpha value is -0.900. The van der Waals surface area contributed by atoms with Gasteiger partial charge >= 0.3 is 0 Å². The van der Waals surface area contributed by atoms with Crippen molar-refractivity contribution in [3.8, 4) is 0 Å². The van der Waals surface area contributed by atoms with Crippen LogP contribution in [0.25, 0.3) is 0 Å². The lowest BCUT2D eigenvalue weighted by molar-refractivity contribution is 0.440. The molecule has 0 bridgehead atoms. The van der Waals surface area contributed by atoms with E-state index >= 15 is 0 Å². The van der Waals surface area contributed by atoms with Crippen LogP contribution >= 0.6 is 0 Å². The molecule has 16 heavy (non-hydrogen) atoms. The average molecular weight is 222 g/mol. The molecule has 0 radical (unpaired) electrons. The van der Waals surface area contributed by atoms with Crippen LogP contribution in [-0.4, -0.2) is 21.3 Å². The number of rotatable bonds is 3. The summed E-state index contributed by atoms with van der Waals surface area (Å²) in [7, 11) is 0. The molecule has 2 rings (SSSR count). The van der Waals surface area contributed by atoms with Crippen LogP contribution in [0.4, 0.5) is 0 Å². The summed E-state index contributed by atoms with van der Waals surface area (Å²) in [5, 5.41) is 8.60. The van der Waals surface area contributed by atoms with Crippen molar-refractivity contribution >= 4 is 0 Å². The lowest BCUT2D eigenvalue weighted by Gasteiger charge is -2.20. The van der Waals surface area contributed by atoms with E-state index in [2.05, 4.69) is 28.6 Å². The molecular weight excluding hydrogens is 200 g/mol. The number of hydrogen-bond donors (Lipinski definition) is 1. The average Bonchev–Trinajstić information content (AvgIpc) is 2.82. The minimum absolute atomic E-state index is 0.434. The van der Waals surface area contributed by atoms with Crippen LogP contribution in [0, 0.1) is 12.8 Å². The Labute approximate surface area is 97.2 Å². The van der Waals surface area contributed by atoms with E-state index < -0.39 is 0 Å². The maximum absolute atomic E-state index is 5.84. The van der Waals surface area contributed by atoms with E-state index in [0.29, 0.717) is 17.9 Å². The van der Waals surface area contributed by atoms with Crippen LogP contribution in [0.3, 0.4) is 0 Å². The number of nitrogens with zero attached hydrogens (tertiary/aromatic N) is 3. The number of aryl methyl sites for hydroxylation is 1. The minimum atomic E-state index is 0.434. The SMILES string of the molecule is Cc1nnc(C2CCCC2CN)n1C(C)C. The van der Waals surface area contributed by atoms with Gasteiger partial charge in [-0.2, -0.15) is 0 Å². The molecule has 1 aliphatic rings. The monoisotopic (exact) mass is 222 g/mol. The second-order valence-electron chi connectivity index (χ2n) is 5.10. The molecule has 1 aromatic rings. The Morgan fingerprint density at radius 3 is 2.75 bits per heavy atom. The van der Waals surface area contributed by atoms with Gasteiger partial charge in [-0.25, -0.2) is 0 Å². The smallest absolute Gasteiger partial charge is 0.136 e. The zero-order valence-corrected chi connectivity index (χ0v) is 10.5. The van der Waals surface area contributed by atoms with Crippen molar-refractivity contribution in [2.45, 2.75) is 52.0 Å². The summed E-state index contributed by atoms with van der Waals surface area (Å²) in [5.41, 5.74) is 5.84. The Bertz CT molecular complexity index is 356. The highest BCUT2D eigenvalue weighted by Gasteiger charge is 2.32. The lowest BCUT2D eigenvalue weighted by atomic mass is 9.95. The van der Waals surface area contributed by atoms with Crippen molar-refractivity contribution in [1.82, 2.24) is 14.8 Å². The van der Waals surface area contributed by atoms with Gasteiger partial charge in [-0.15, -0.1) is 10.2 Å². The highest BCUT2D eigenvalue weighted by atomic mass is 15.3. The fourth-order valence-corrected chi connectivity index (χ4v) is 2.94. The van der Waals surface area contributed by atoms with Crippen molar-refractivity contribution in [2.75, 3.05) is 6.54 Å². The third-order valence-corrected chi connectivity index (χ3v) is 3.70. The molecule has 90 valence electrons. The Kier molecular flexibility index (Phi) is 3.28. The standard InChI is InChI=1S/C12H22N4/c1-8(2)16-9(3)14-15-12(16)11-6-4-5-10(11)7-13/h8,10-11H,4-7,13H2,1-3H3. The zero-order chi connectivity index (χ0) is 11.7. The summed E-state index contributed by atoms with van der Waals surface area (Å²) in [6.07, 6.45) is 3.73. The molecule has 4 nitrogen and oxygen atoms in total. The van der Waals surface area contributed by atoms with Crippen LogP contribution in [0.15, 0.2) is 0 Å². The first-order valence-corrected chi connectivity index (χ1v) is 6.26. The van der Waals surface area contributed by atoms with Crippen molar-refractivity contribution in [3.63, 3.8) is 0 Å². The van der Waals surface area contributed by atoms with E-state index in [-0.39, 0.29) is 0 Å². The van der Waals surface area contributed by atoms with E-state index in [9.17, 15) is 0 Å². The van der Waals surface area contributed by atoms with Crippen molar-refractivity contribution in [2.24, 2.45) is 11.7 Å². The fraction of sp³-hybridized carbons (Fsp3) is 0.833. The molecule has 2 atom stereocenters. The Balaban J connectivity index is 2.32. The van der Waals surface area contributed by atoms with Gasteiger partial charge in [0.05, 0.1) is 0 Å². The topological polar surface area (TPSA) is 56.7 Å². The first-order chi connectivity index (χ1) is 7.65. The Morgan fingerprint density at radius 2 is 2.12 bits per heavy atom. The maximum atomic E-state index is 5.84. The summed E-state index contributed by atoms with van der Waals surface area (Å²) in [4.78, 5) is 0. The number of nitrogens with two attached hydrogens (primary N) is 1. The van der Waals surface area contributed by atoms with Crippen LogP contribution in [0.1, 0.15) is 56.7 Å². The zero-order valence-electron chi connectivity index (χ0n) is 10.5. The molecule has 1 aliphatic carbocycles. The van der Waals surface area contributed by atoms with Crippen LogP contribution in [0.2, 0.25) is 0 Å². The molecule has 1 fully saturated rings. The highest BCUT2D eigenvalue weighted by Crippen LogP contribution is 2.38. The molecule has 0 aromatic carbocycles. The third kappa shape index (κ3) is 1.86. The van der Waals surface area contributed by atoms with E-state index in [1.165, 1.54) is 19.3 Å². The molecular formula is C12H22N4. The van der Waals surface area contributed by atoms with E-state index in [4.69, 9.17) is 5.73 Å². The van der Waals surface area contributed by atoms with E-state index in [1.54, 1.807) is 0 Å². The van der Waals surface area contributed by atoms with Gasteiger partial charge in [0, 0.05) is 12.0 Å². The van der Waals surface area contributed by atoms with Gasteiger partial charge in [0.1, 0.15) is 11.6 Å². The lowest BCUT2D eigenvalue weighted by Crippen LogP contribution is -2.21. The predicted octanol–water partition coefficient (Wildman–Crippen LogP) is 2.01. The molecule has 2 N–H and O–H groups in total. The summed E-state index contributed by atoms with van der Waals surface area (Å²) in [6, 6.07) is 0.434. The molecule has 0 saturated heterocycles. The van der Waals surface area contributed by atoms with Crippen LogP contribution < -0.4 is 5.73 Å². The van der Waals surface area contributed by atoms with Gasteiger partial charge in [-0.1, -0.05) is 6.42 Å². The molecule has 0 amide bonds. The summed E-state index contributed by atoms with van der Waals surface area (Å²) < 4.78 is 2.26. The van der Waals surface area contributed by atoms with E-state index in [0.717, 1.165) is 18.2 Å². The van der Waals surface area contributed by atoms with Crippen molar-refractivity contribution in [1.29, 1.82) is 0 Å². The number of aromatic nitrogens is 3. The normalized spacial score (nSPS) is 25.6. The molecule has 1 saturated carbocycles. The van der Waals surface area contributed by atoms with Gasteiger partial charge < -0.3 is 10.3 Å². The van der Waals surface area contributed by atoms with Gasteiger partial charge in [0.15, 0.2) is 0 Å². The van der Waals surface area contributed by atoms with Gasteiger partial charge in [-0.05, 0) is 46.1 Å². The maximum Gasteiger partial charge on any atom is 0.136 e. The van der Waals surface area contributed by atoms with Crippen molar-refractivity contribution < 1.29 is 0 Å². The predicted molar refractivity (Wildman–Crippen MR) is 64.3 cm³/mol. The van der Waals surface area contributed by atoms with Crippen LogP contribution in [0.5, 0.6) is 0 Å². The molecule has 1 aromatic heterocycles. The summed E-state index contributed by atoms with van der Waals surface area (Å²) in [6.45, 7) is 7.18. The first kappa shape index (κ1) is 11.6. The first-order valence-electron chi connectivity index (χ1n) is 6.26. The van der Waals surface area contributed by atoms with E-state index in [1.807, 2.05) is 6.92 Å². The number of hydrogen-bond acceptors (Lipinski definition) is 3. The second kappa shape index (κ2) is 4.53. The molecule has 1 heterocycles. The van der Waals surface area contributed by atoms with Gasteiger partial charge in [-0.3, -0.25) is 0 Å². The largest absolute Gasteiger partial charge is 0.330 e. The molecule has 0 spiro atoms. The summed E-state index contributed by atoms with van der Waals surface area (Å²) in [5.74, 6) is 3.29. The third-order valence-electron chi connectivity index (χ3n) is 3.70. The molecule has 0 aliphatic heterocycles. The summed E-state index contributed by atoms with van der Waals surface area (Å²) >= 11 is 0. The van der Waals surface area contributed by atoms with Gasteiger partial charge in [0.25, 0.3) is 0 Å². The molecule has 2 unspecified atom stereocenters. The highest BCUT2D eigenvalue weighted by molar-refractivity contribution is 5.07. The van der Waals surface area contributed by atoms with Crippen LogP contribution in [-0.2, 0) is 0 Å². The quantitative estimate of drug-likeness (QED) is 0.851.